The zero-order valence-electron chi connectivity index (χ0n) is 18.2. The molecule has 0 spiro atoms. The summed E-state index contributed by atoms with van der Waals surface area (Å²) in [4.78, 5) is 28.8. The van der Waals surface area contributed by atoms with E-state index in [0.717, 1.165) is 11.0 Å². The van der Waals surface area contributed by atoms with E-state index < -0.39 is 29.1 Å². The minimum atomic E-state index is -4.41. The van der Waals surface area contributed by atoms with E-state index in [9.17, 15) is 27.2 Å². The highest BCUT2D eigenvalue weighted by Gasteiger charge is 2.52. The molecule has 0 aliphatic carbocycles. The molecule has 1 unspecified atom stereocenters. The van der Waals surface area contributed by atoms with E-state index in [1.54, 1.807) is 13.0 Å². The van der Waals surface area contributed by atoms with Crippen LogP contribution in [0, 0.1) is 11.7 Å². The first-order valence-electron chi connectivity index (χ1n) is 10.8. The van der Waals surface area contributed by atoms with Crippen molar-refractivity contribution in [2.75, 3.05) is 13.1 Å². The molecule has 1 atom stereocenters. The third-order valence-electron chi connectivity index (χ3n) is 6.68. The van der Waals surface area contributed by atoms with E-state index >= 15 is 0 Å². The Kier molecular flexibility index (Phi) is 6.18. The zero-order chi connectivity index (χ0) is 23.8. The van der Waals surface area contributed by atoms with Crippen LogP contribution in [0.5, 0.6) is 0 Å². The van der Waals surface area contributed by atoms with Crippen LogP contribution in [0.3, 0.4) is 0 Å². The predicted octanol–water partition coefficient (Wildman–Crippen LogP) is 4.57. The smallest absolute Gasteiger partial charge is 0.323 e. The topological polar surface area (TPSA) is 52.7 Å². The molecule has 1 N–H and O–H groups in total. The molecule has 0 saturated carbocycles. The Labute approximate surface area is 189 Å². The largest absolute Gasteiger partial charge is 0.416 e. The number of carbonyl (C=O) groups excluding carboxylic acids is 2. The minimum absolute atomic E-state index is 0.0492. The summed E-state index contributed by atoms with van der Waals surface area (Å²) in [6, 6.07) is 10.7. The second kappa shape index (κ2) is 8.78. The Balaban J connectivity index is 1.40. The number of amides is 3. The lowest BCUT2D eigenvalue weighted by Crippen LogP contribution is -2.53. The Morgan fingerprint density at radius 3 is 2.27 bits per heavy atom. The first kappa shape index (κ1) is 23.2. The quantitative estimate of drug-likeness (QED) is 0.522. The molecule has 33 heavy (non-hydrogen) atoms. The molecule has 2 aromatic rings. The Morgan fingerprint density at radius 2 is 1.64 bits per heavy atom. The number of halogens is 4. The Morgan fingerprint density at radius 1 is 1.00 bits per heavy atom. The van der Waals surface area contributed by atoms with Crippen LogP contribution >= 0.6 is 0 Å². The number of benzene rings is 2. The van der Waals surface area contributed by atoms with Gasteiger partial charge < -0.3 is 5.32 Å². The fourth-order valence-electron chi connectivity index (χ4n) is 4.75. The van der Waals surface area contributed by atoms with Gasteiger partial charge in [0.25, 0.3) is 5.91 Å². The van der Waals surface area contributed by atoms with Gasteiger partial charge in [-0.3, -0.25) is 14.6 Å². The highest BCUT2D eigenvalue weighted by molar-refractivity contribution is 6.06. The van der Waals surface area contributed by atoms with Gasteiger partial charge >= 0.3 is 12.2 Å². The summed E-state index contributed by atoms with van der Waals surface area (Å²) in [5.41, 5.74) is -0.839. The average Bonchev–Trinajstić information content (AvgIpc) is 2.99. The number of alkyl halides is 3. The average molecular weight is 463 g/mol. The van der Waals surface area contributed by atoms with Crippen LogP contribution in [0.15, 0.2) is 48.5 Å². The molecule has 0 aromatic heterocycles. The molecule has 3 amide bonds. The third-order valence-corrected chi connectivity index (χ3v) is 6.68. The van der Waals surface area contributed by atoms with Crippen molar-refractivity contribution < 1.29 is 27.2 Å². The highest BCUT2D eigenvalue weighted by atomic mass is 19.4. The lowest BCUT2D eigenvalue weighted by atomic mass is 9.78. The normalized spacial score (nSPS) is 22.6. The van der Waals surface area contributed by atoms with Gasteiger partial charge in [-0.25, -0.2) is 9.18 Å². The van der Waals surface area contributed by atoms with Crippen LogP contribution in [-0.2, 0) is 24.1 Å². The second-order valence-electron chi connectivity index (χ2n) is 8.86. The summed E-state index contributed by atoms with van der Waals surface area (Å²) < 4.78 is 53.0. The molecule has 2 heterocycles. The fraction of sp³-hybridized carbons (Fsp3) is 0.417. The molecule has 176 valence electrons. The van der Waals surface area contributed by atoms with Crippen molar-refractivity contribution in [3.8, 4) is 0 Å². The predicted molar refractivity (Wildman–Crippen MR) is 113 cm³/mol. The van der Waals surface area contributed by atoms with Gasteiger partial charge in [0.05, 0.1) is 12.1 Å². The van der Waals surface area contributed by atoms with Crippen molar-refractivity contribution in [3.05, 3.63) is 71.0 Å². The van der Waals surface area contributed by atoms with Gasteiger partial charge in [0.2, 0.25) is 0 Å². The van der Waals surface area contributed by atoms with Crippen LogP contribution in [0.2, 0.25) is 0 Å². The van der Waals surface area contributed by atoms with Gasteiger partial charge in [-0.2, -0.15) is 13.2 Å². The summed E-state index contributed by atoms with van der Waals surface area (Å²) in [5.74, 6) is -0.871. The van der Waals surface area contributed by atoms with E-state index in [2.05, 4.69) is 5.32 Å². The zero-order valence-corrected chi connectivity index (χ0v) is 18.2. The number of carbonyl (C=O) groups is 2. The standard InChI is InChI=1S/C24H25F4N3O2/c1-23(21(32)31(22(33)29-23)14-16-6-8-19(25)9-7-16)18-10-12-30(13-11-18)15-17-4-2-3-5-20(17)24(26,27)28/h2-9,18H,10-15H2,1H3,(H,29,33). The van der Waals surface area contributed by atoms with Crippen LogP contribution in [0.1, 0.15) is 36.5 Å². The van der Waals surface area contributed by atoms with Crippen LogP contribution in [-0.4, -0.2) is 40.4 Å². The van der Waals surface area contributed by atoms with Gasteiger partial charge in [0, 0.05) is 6.54 Å². The number of piperidine rings is 1. The molecule has 9 heteroatoms. The number of hydrogen-bond donors (Lipinski definition) is 1. The molecular weight excluding hydrogens is 438 g/mol. The van der Waals surface area contributed by atoms with E-state index in [-0.39, 0.29) is 30.5 Å². The highest BCUT2D eigenvalue weighted by Crippen LogP contribution is 2.36. The summed E-state index contributed by atoms with van der Waals surface area (Å²) in [7, 11) is 0. The molecule has 2 aliphatic heterocycles. The molecule has 2 aliphatic rings. The number of hydrogen-bond acceptors (Lipinski definition) is 3. The lowest BCUT2D eigenvalue weighted by molar-refractivity contribution is -0.138. The molecule has 2 aromatic carbocycles. The maximum atomic E-state index is 13.3. The summed E-state index contributed by atoms with van der Waals surface area (Å²) in [6.07, 6.45) is -3.26. The molecule has 0 bridgehead atoms. The van der Waals surface area contributed by atoms with Crippen molar-refractivity contribution in [1.82, 2.24) is 15.1 Å². The number of nitrogens with zero attached hydrogens (tertiary/aromatic N) is 2. The minimum Gasteiger partial charge on any atom is -0.323 e. The number of imide groups is 1. The number of likely N-dealkylation sites (tertiary alicyclic amines) is 1. The van der Waals surface area contributed by atoms with Crippen LogP contribution < -0.4 is 5.32 Å². The first-order valence-corrected chi connectivity index (χ1v) is 10.8. The second-order valence-corrected chi connectivity index (χ2v) is 8.86. The molecular formula is C24H25F4N3O2. The number of rotatable bonds is 5. The summed E-state index contributed by atoms with van der Waals surface area (Å²) in [5, 5.41) is 2.82. The van der Waals surface area contributed by atoms with Gasteiger partial charge in [0.1, 0.15) is 11.4 Å². The molecule has 4 rings (SSSR count). The SMILES string of the molecule is CC1(C2CCN(Cc3ccccc3C(F)(F)F)CC2)NC(=O)N(Cc2ccc(F)cc2)C1=O. The maximum absolute atomic E-state index is 13.3. The monoisotopic (exact) mass is 463 g/mol. The maximum Gasteiger partial charge on any atom is 0.416 e. The number of urea groups is 1. The molecule has 2 saturated heterocycles. The van der Waals surface area contributed by atoms with Crippen LogP contribution in [0.4, 0.5) is 22.4 Å². The molecule has 2 fully saturated rings. The van der Waals surface area contributed by atoms with Crippen LogP contribution in [0.25, 0.3) is 0 Å². The van der Waals surface area contributed by atoms with Crippen molar-refractivity contribution in [3.63, 3.8) is 0 Å². The van der Waals surface area contributed by atoms with Gasteiger partial charge in [-0.05, 0) is 68.1 Å². The number of nitrogens with one attached hydrogen (secondary N) is 1. The summed E-state index contributed by atoms with van der Waals surface area (Å²) >= 11 is 0. The third kappa shape index (κ3) is 4.73. The van der Waals surface area contributed by atoms with E-state index in [1.807, 2.05) is 4.90 Å². The molecule has 5 nitrogen and oxygen atoms in total. The van der Waals surface area contributed by atoms with Gasteiger partial charge in [-0.15, -0.1) is 0 Å². The Bertz CT molecular complexity index is 1030. The van der Waals surface area contributed by atoms with Crippen molar-refractivity contribution >= 4 is 11.9 Å². The van der Waals surface area contributed by atoms with Crippen molar-refractivity contribution in [1.29, 1.82) is 0 Å². The summed E-state index contributed by atoms with van der Waals surface area (Å²) in [6.45, 7) is 2.97. The van der Waals surface area contributed by atoms with Gasteiger partial charge in [0.15, 0.2) is 0 Å². The molecule has 0 radical (unpaired) electrons. The van der Waals surface area contributed by atoms with Gasteiger partial charge in [-0.1, -0.05) is 30.3 Å². The fourth-order valence-corrected chi connectivity index (χ4v) is 4.75. The van der Waals surface area contributed by atoms with Crippen molar-refractivity contribution in [2.24, 2.45) is 5.92 Å². The first-order chi connectivity index (χ1) is 15.6. The van der Waals surface area contributed by atoms with Crippen molar-refractivity contribution in [2.45, 2.75) is 44.6 Å². The van der Waals surface area contributed by atoms with E-state index in [4.69, 9.17) is 0 Å². The Hall–Kier alpha value is -2.94. The van der Waals surface area contributed by atoms with E-state index in [0.29, 0.717) is 31.5 Å². The lowest BCUT2D eigenvalue weighted by Gasteiger charge is -2.39. The van der Waals surface area contributed by atoms with E-state index in [1.165, 1.54) is 36.4 Å².